The normalized spacial score (nSPS) is 11.0. The Kier molecular flexibility index (Phi) is 6.09. The summed E-state index contributed by atoms with van der Waals surface area (Å²) in [4.78, 5) is 17.2. The van der Waals surface area contributed by atoms with Gasteiger partial charge in [-0.15, -0.1) is 11.8 Å². The molecule has 3 rings (SSSR count). The summed E-state index contributed by atoms with van der Waals surface area (Å²) < 4.78 is 5.18. The number of benzene rings is 2. The largest absolute Gasteiger partial charge is 0.497 e. The second-order valence-corrected chi connectivity index (χ2v) is 6.73. The Morgan fingerprint density at radius 2 is 2.08 bits per heavy atom. The average Bonchev–Trinajstić information content (AvgIpc) is 2.67. The Balaban J connectivity index is 1.62. The fraction of sp³-hybridized carbons (Fsp3) is 0.105. The first kappa shape index (κ1) is 18.2. The Hall–Kier alpha value is -2.57. The number of carbonyl (C=O) groups excluding carboxylic acids is 1. The van der Waals surface area contributed by atoms with Gasteiger partial charge in [0, 0.05) is 21.9 Å². The molecule has 1 aromatic heterocycles. The van der Waals surface area contributed by atoms with Crippen LogP contribution in [0.1, 0.15) is 5.56 Å². The second-order valence-electron chi connectivity index (χ2n) is 5.32. The van der Waals surface area contributed by atoms with Gasteiger partial charge >= 0.3 is 0 Å². The molecule has 1 N–H and O–H groups in total. The molecule has 0 bridgehead atoms. The average molecular weight is 386 g/mol. The molecule has 0 unspecified atom stereocenters. The molecule has 0 aliphatic carbocycles. The van der Waals surface area contributed by atoms with E-state index in [1.807, 2.05) is 54.6 Å². The number of thioether (sulfide) groups is 1. The number of carbonyl (C=O) groups is 1. The van der Waals surface area contributed by atoms with E-state index in [0.717, 1.165) is 15.8 Å². The van der Waals surface area contributed by atoms with E-state index in [4.69, 9.17) is 16.3 Å². The van der Waals surface area contributed by atoms with Gasteiger partial charge < -0.3 is 4.74 Å². The fourth-order valence-electron chi connectivity index (χ4n) is 2.23. The highest BCUT2D eigenvalue weighted by Gasteiger charge is 2.05. The molecule has 7 heteroatoms. The van der Waals surface area contributed by atoms with Crippen LogP contribution in [0.4, 0.5) is 0 Å². The Labute approximate surface area is 160 Å². The van der Waals surface area contributed by atoms with E-state index in [9.17, 15) is 4.79 Å². The van der Waals surface area contributed by atoms with E-state index in [-0.39, 0.29) is 11.7 Å². The molecule has 0 fully saturated rings. The number of hydrogen-bond donors (Lipinski definition) is 1. The number of methoxy groups -OCH3 is 1. The first-order chi connectivity index (χ1) is 12.7. The highest BCUT2D eigenvalue weighted by atomic mass is 35.5. The molecule has 1 amide bonds. The number of amides is 1. The smallest absolute Gasteiger partial charge is 0.250 e. The molecule has 0 saturated heterocycles. The summed E-state index contributed by atoms with van der Waals surface area (Å²) in [5.41, 5.74) is 3.85. The highest BCUT2D eigenvalue weighted by Crippen LogP contribution is 2.23. The number of hydrogen-bond acceptors (Lipinski definition) is 5. The Morgan fingerprint density at radius 1 is 1.27 bits per heavy atom. The van der Waals surface area contributed by atoms with Crippen LogP contribution >= 0.6 is 23.4 Å². The number of aromatic nitrogens is 1. The van der Waals surface area contributed by atoms with Crippen molar-refractivity contribution in [2.75, 3.05) is 12.9 Å². The fourth-order valence-corrected chi connectivity index (χ4v) is 3.14. The van der Waals surface area contributed by atoms with Crippen molar-refractivity contribution >= 4 is 46.4 Å². The van der Waals surface area contributed by atoms with Crippen molar-refractivity contribution in [3.8, 4) is 5.75 Å². The van der Waals surface area contributed by atoms with Crippen LogP contribution in [0.2, 0.25) is 5.15 Å². The van der Waals surface area contributed by atoms with Crippen molar-refractivity contribution in [3.05, 3.63) is 65.3 Å². The first-order valence-electron chi connectivity index (χ1n) is 7.80. The number of ether oxygens (including phenoxy) is 1. The lowest BCUT2D eigenvalue weighted by Crippen LogP contribution is -2.19. The van der Waals surface area contributed by atoms with Gasteiger partial charge in [0.15, 0.2) is 0 Å². The predicted octanol–water partition coefficient (Wildman–Crippen LogP) is 4.14. The van der Waals surface area contributed by atoms with E-state index in [1.54, 1.807) is 7.11 Å². The molecular formula is C19H16ClN3O2S. The van der Waals surface area contributed by atoms with Gasteiger partial charge in [-0.2, -0.15) is 5.10 Å². The Morgan fingerprint density at radius 3 is 2.85 bits per heavy atom. The number of halogens is 1. The molecule has 26 heavy (non-hydrogen) atoms. The molecule has 0 saturated carbocycles. The molecule has 0 radical (unpaired) electrons. The minimum absolute atomic E-state index is 0.190. The minimum atomic E-state index is -0.190. The molecule has 0 spiro atoms. The van der Waals surface area contributed by atoms with Gasteiger partial charge in [-0.05, 0) is 30.3 Å². The maximum Gasteiger partial charge on any atom is 0.250 e. The number of nitrogens with one attached hydrogen (secondary N) is 1. The third kappa shape index (κ3) is 4.74. The molecule has 2 aromatic carbocycles. The van der Waals surface area contributed by atoms with Crippen LogP contribution in [0.3, 0.4) is 0 Å². The molecule has 0 aliphatic rings. The number of hydrazone groups is 1. The topological polar surface area (TPSA) is 63.6 Å². The third-order valence-corrected chi connectivity index (χ3v) is 4.83. The zero-order chi connectivity index (χ0) is 18.4. The van der Waals surface area contributed by atoms with E-state index in [1.165, 1.54) is 18.0 Å². The summed E-state index contributed by atoms with van der Waals surface area (Å²) in [6.07, 6.45) is 1.49. The van der Waals surface area contributed by atoms with Crippen molar-refractivity contribution in [2.24, 2.45) is 5.10 Å². The van der Waals surface area contributed by atoms with Crippen LogP contribution in [0.25, 0.3) is 10.9 Å². The molecule has 5 nitrogen and oxygen atoms in total. The highest BCUT2D eigenvalue weighted by molar-refractivity contribution is 8.00. The standard InChI is InChI=1S/C19H16ClN3O2S/c1-25-15-8-7-13-9-14(19(20)22-17(13)10-15)11-21-23-18(24)12-26-16-5-3-2-4-6-16/h2-11H,12H2,1H3,(H,23,24)/b21-11-. The van der Waals surface area contributed by atoms with Gasteiger partial charge in [0.1, 0.15) is 10.9 Å². The summed E-state index contributed by atoms with van der Waals surface area (Å²) in [6.45, 7) is 0. The molecule has 0 atom stereocenters. The van der Waals surface area contributed by atoms with Crippen molar-refractivity contribution < 1.29 is 9.53 Å². The van der Waals surface area contributed by atoms with Crippen LogP contribution in [0.15, 0.2) is 64.6 Å². The van der Waals surface area contributed by atoms with Crippen molar-refractivity contribution in [1.29, 1.82) is 0 Å². The zero-order valence-electron chi connectivity index (χ0n) is 14.0. The summed E-state index contributed by atoms with van der Waals surface area (Å²) in [6, 6.07) is 17.1. The third-order valence-electron chi connectivity index (χ3n) is 3.51. The molecule has 1 heterocycles. The summed E-state index contributed by atoms with van der Waals surface area (Å²) in [5, 5.41) is 5.18. The van der Waals surface area contributed by atoms with Crippen LogP contribution < -0.4 is 10.2 Å². The number of pyridine rings is 1. The lowest BCUT2D eigenvalue weighted by atomic mass is 10.1. The monoisotopic (exact) mass is 385 g/mol. The zero-order valence-corrected chi connectivity index (χ0v) is 15.6. The van der Waals surface area contributed by atoms with Crippen molar-refractivity contribution in [1.82, 2.24) is 10.4 Å². The van der Waals surface area contributed by atoms with Crippen LogP contribution in [0, 0.1) is 0 Å². The van der Waals surface area contributed by atoms with Crippen molar-refractivity contribution in [2.45, 2.75) is 4.90 Å². The SMILES string of the molecule is COc1ccc2cc(/C=N\NC(=O)CSc3ccccc3)c(Cl)nc2c1. The Bertz CT molecular complexity index is 948. The molecular weight excluding hydrogens is 370 g/mol. The molecule has 0 aliphatic heterocycles. The van der Waals surface area contributed by atoms with E-state index in [2.05, 4.69) is 15.5 Å². The first-order valence-corrected chi connectivity index (χ1v) is 9.16. The van der Waals surface area contributed by atoms with Crippen LogP contribution in [-0.2, 0) is 4.79 Å². The quantitative estimate of drug-likeness (QED) is 0.300. The van der Waals surface area contributed by atoms with Gasteiger partial charge in [-0.1, -0.05) is 29.8 Å². The predicted molar refractivity (Wildman–Crippen MR) is 106 cm³/mol. The van der Waals surface area contributed by atoms with Crippen LogP contribution in [0.5, 0.6) is 5.75 Å². The van der Waals surface area contributed by atoms with E-state index >= 15 is 0 Å². The number of nitrogens with zero attached hydrogens (tertiary/aromatic N) is 2. The van der Waals surface area contributed by atoms with Gasteiger partial charge in [0.2, 0.25) is 5.91 Å². The van der Waals surface area contributed by atoms with Crippen molar-refractivity contribution in [3.63, 3.8) is 0 Å². The maximum atomic E-state index is 11.9. The second kappa shape index (κ2) is 8.69. The summed E-state index contributed by atoms with van der Waals surface area (Å²) in [5.74, 6) is 0.806. The van der Waals surface area contributed by atoms with E-state index < -0.39 is 0 Å². The van der Waals surface area contributed by atoms with Gasteiger partial charge in [0.25, 0.3) is 0 Å². The van der Waals surface area contributed by atoms with E-state index in [0.29, 0.717) is 16.5 Å². The summed E-state index contributed by atoms with van der Waals surface area (Å²) in [7, 11) is 1.60. The lowest BCUT2D eigenvalue weighted by Gasteiger charge is -2.05. The molecule has 132 valence electrons. The van der Waals surface area contributed by atoms with Gasteiger partial charge in [-0.25, -0.2) is 10.4 Å². The number of rotatable bonds is 6. The maximum absolute atomic E-state index is 11.9. The summed E-state index contributed by atoms with van der Waals surface area (Å²) >= 11 is 7.64. The lowest BCUT2D eigenvalue weighted by molar-refractivity contribution is -0.118. The van der Waals surface area contributed by atoms with Gasteiger partial charge in [0.05, 0.1) is 24.6 Å². The minimum Gasteiger partial charge on any atom is -0.497 e. The van der Waals surface area contributed by atoms with Gasteiger partial charge in [-0.3, -0.25) is 4.79 Å². The molecule has 3 aromatic rings. The number of fused-ring (bicyclic) bond motifs is 1. The van der Waals surface area contributed by atoms with Crippen LogP contribution in [-0.4, -0.2) is 30.0 Å².